The summed E-state index contributed by atoms with van der Waals surface area (Å²) in [6.45, 7) is 6.24. The summed E-state index contributed by atoms with van der Waals surface area (Å²) in [6, 6.07) is 20.3. The Labute approximate surface area is 360 Å². The molecule has 13 heteroatoms. The number of allylic oxidation sites excluding steroid dienone is 4. The number of hydrogen-bond donors (Lipinski definition) is 2. The number of carbonyl (C=O) groups is 5. The zero-order valence-corrected chi connectivity index (χ0v) is 36.1. The molecule has 0 bridgehead atoms. The number of aliphatic hydroxyl groups excluding tert-OH is 1. The maximum atomic E-state index is 17.7. The van der Waals surface area contributed by atoms with Gasteiger partial charge in [0, 0.05) is 22.4 Å². The summed E-state index contributed by atoms with van der Waals surface area (Å²) in [5.74, 6) is -4.66. The number of halogens is 1. The van der Waals surface area contributed by atoms with Crippen LogP contribution in [0.3, 0.4) is 0 Å². The van der Waals surface area contributed by atoms with Gasteiger partial charge in [0.25, 0.3) is 0 Å². The van der Waals surface area contributed by atoms with E-state index < -0.39 is 82.3 Å². The smallest absolute Gasteiger partial charge is 0.306 e. The zero-order chi connectivity index (χ0) is 44.4. The van der Waals surface area contributed by atoms with Crippen molar-refractivity contribution < 1.29 is 52.4 Å². The number of alkyl halides is 1. The van der Waals surface area contributed by atoms with Gasteiger partial charge >= 0.3 is 11.9 Å². The fourth-order valence-electron chi connectivity index (χ4n) is 11.5. The predicted octanol–water partition coefficient (Wildman–Crippen LogP) is 6.89. The highest BCUT2D eigenvalue weighted by Gasteiger charge is 2.80. The average molecular weight is 851 g/mol. The van der Waals surface area contributed by atoms with E-state index in [0.29, 0.717) is 36.1 Å². The molecule has 5 aliphatic rings. The normalized spacial score (nSPS) is 32.2. The van der Waals surface area contributed by atoms with Gasteiger partial charge in [-0.25, -0.2) is 4.39 Å². The van der Waals surface area contributed by atoms with Gasteiger partial charge in [0.05, 0.1) is 25.0 Å². The highest BCUT2D eigenvalue weighted by Crippen LogP contribution is 2.72. The van der Waals surface area contributed by atoms with Gasteiger partial charge in [0.15, 0.2) is 29.4 Å². The molecule has 3 aromatic carbocycles. The first kappa shape index (κ1) is 43.6. The van der Waals surface area contributed by atoms with E-state index >= 15 is 4.39 Å². The highest BCUT2D eigenvalue weighted by atomic mass is 19.1. The molecule has 2 N–H and O–H groups in total. The van der Waals surface area contributed by atoms with Crippen molar-refractivity contribution in [1.29, 1.82) is 0 Å². The standard InChI is InChI=1S/C49H55FN2O10/c1-45(2)61-40-25-37-36-18-16-33-24-35(53)21-22-46(33,3)48(36,50)38(54)26-47(37,4)49(40,62-45)39(55)28-60-42(57)20-19-41(56)59-27-29-11-13-31(14-12-29)43(52(5)6)44(58)51-34-17-15-30-9-7-8-10-32(30)23-34/h7-15,17,21-24,36-38,40,43,54H,16,18-20,25-28H2,1-6H3,(H,51,58)/t36-,37-,38-,40+,43?,46-,47-,48-,49+/m0/s1. The molecule has 12 nitrogen and oxygen atoms in total. The Balaban J connectivity index is 0.857. The van der Waals surface area contributed by atoms with Crippen molar-refractivity contribution in [2.45, 2.75) is 108 Å². The summed E-state index contributed by atoms with van der Waals surface area (Å²) in [5, 5.41) is 16.9. The molecule has 1 unspecified atom stereocenters. The SMILES string of the molecule is CN(C)C(C(=O)Nc1ccc2ccccc2c1)c1ccc(COC(=O)CCC(=O)OCC(=O)[C@@]23OC(C)(C)O[C@@H]2C[C@H]2[C@@H]4CCC5=CC(=O)C=C[C@]5(C)[C@@]4(F)[C@@H](O)C[C@@]23C)cc1. The Morgan fingerprint density at radius 1 is 0.935 bits per heavy atom. The second-order valence-electron chi connectivity index (χ2n) is 18.7. The first-order chi connectivity index (χ1) is 29.3. The Hall–Kier alpha value is -5.08. The number of ketones is 2. The van der Waals surface area contributed by atoms with Gasteiger partial charge in [-0.3, -0.25) is 28.9 Å². The molecule has 1 aliphatic heterocycles. The molecule has 4 fully saturated rings. The monoisotopic (exact) mass is 850 g/mol. The second kappa shape index (κ2) is 15.9. The summed E-state index contributed by atoms with van der Waals surface area (Å²) in [6.07, 6.45) is 2.55. The number of aliphatic hydroxyl groups is 1. The molecule has 9 atom stereocenters. The number of nitrogens with one attached hydrogen (secondary N) is 1. The predicted molar refractivity (Wildman–Crippen MR) is 227 cm³/mol. The van der Waals surface area contributed by atoms with Crippen molar-refractivity contribution in [3.63, 3.8) is 0 Å². The van der Waals surface area contributed by atoms with Crippen molar-refractivity contribution in [1.82, 2.24) is 4.90 Å². The molecule has 1 saturated heterocycles. The molecule has 4 aliphatic carbocycles. The Kier molecular flexibility index (Phi) is 11.2. The van der Waals surface area contributed by atoms with Crippen LogP contribution in [0.1, 0.15) is 83.4 Å². The number of carbonyl (C=O) groups excluding carboxylic acids is 5. The number of ether oxygens (including phenoxy) is 4. The topological polar surface area (TPSA) is 158 Å². The fraction of sp³-hybridized carbons (Fsp3) is 0.490. The van der Waals surface area contributed by atoms with E-state index in [4.69, 9.17) is 18.9 Å². The summed E-state index contributed by atoms with van der Waals surface area (Å²) in [5.41, 5.74) is -3.24. The lowest BCUT2D eigenvalue weighted by Gasteiger charge is -2.62. The van der Waals surface area contributed by atoms with Crippen LogP contribution in [0.25, 0.3) is 10.8 Å². The number of benzene rings is 3. The van der Waals surface area contributed by atoms with Crippen LogP contribution in [0.4, 0.5) is 10.1 Å². The highest BCUT2D eigenvalue weighted by molar-refractivity contribution is 6.01. The molecule has 3 saturated carbocycles. The van der Waals surface area contributed by atoms with Crippen LogP contribution in [-0.2, 0) is 49.5 Å². The van der Waals surface area contributed by atoms with Gasteiger partial charge in [-0.15, -0.1) is 0 Å². The Morgan fingerprint density at radius 3 is 2.34 bits per heavy atom. The van der Waals surface area contributed by atoms with Crippen LogP contribution in [0.15, 0.2) is 90.5 Å². The number of anilines is 1. The van der Waals surface area contributed by atoms with E-state index in [1.807, 2.05) is 68.4 Å². The lowest BCUT2D eigenvalue weighted by atomic mass is 9.44. The van der Waals surface area contributed by atoms with Crippen molar-refractivity contribution in [3.05, 3.63) is 102 Å². The van der Waals surface area contributed by atoms with Crippen molar-refractivity contribution in [2.75, 3.05) is 26.0 Å². The van der Waals surface area contributed by atoms with Crippen molar-refractivity contribution >= 4 is 45.9 Å². The Bertz CT molecular complexity index is 2380. The average Bonchev–Trinajstić information content (AvgIpc) is 3.64. The quantitative estimate of drug-likeness (QED) is 0.183. The third-order valence-electron chi connectivity index (χ3n) is 14.4. The molecule has 0 spiro atoms. The lowest BCUT2D eigenvalue weighted by Crippen LogP contribution is -2.70. The molecule has 8 rings (SSSR count). The molecule has 328 valence electrons. The van der Waals surface area contributed by atoms with Crippen LogP contribution in [0.5, 0.6) is 0 Å². The number of esters is 2. The minimum absolute atomic E-state index is 0.0580. The molecule has 1 amide bonds. The summed E-state index contributed by atoms with van der Waals surface area (Å²) in [4.78, 5) is 67.6. The molecular formula is C49H55FN2O10. The molecule has 0 aromatic heterocycles. The van der Waals surface area contributed by atoms with Gasteiger partial charge in [-0.1, -0.05) is 73.2 Å². The van der Waals surface area contributed by atoms with E-state index in [1.54, 1.807) is 51.1 Å². The maximum absolute atomic E-state index is 17.7. The van der Waals surface area contributed by atoms with Crippen LogP contribution in [0, 0.1) is 22.7 Å². The van der Waals surface area contributed by atoms with Crippen molar-refractivity contribution in [2.24, 2.45) is 22.7 Å². The minimum atomic E-state index is -2.10. The third-order valence-corrected chi connectivity index (χ3v) is 14.4. The van der Waals surface area contributed by atoms with E-state index in [2.05, 4.69) is 5.32 Å². The van der Waals surface area contributed by atoms with E-state index in [-0.39, 0.29) is 37.6 Å². The minimum Gasteiger partial charge on any atom is -0.461 e. The number of nitrogens with zero attached hydrogens (tertiary/aromatic N) is 1. The largest absolute Gasteiger partial charge is 0.461 e. The number of fused-ring (bicyclic) bond motifs is 8. The van der Waals surface area contributed by atoms with Crippen LogP contribution in [-0.4, -0.2) is 89.4 Å². The van der Waals surface area contributed by atoms with Crippen molar-refractivity contribution in [3.8, 4) is 0 Å². The molecule has 62 heavy (non-hydrogen) atoms. The fourth-order valence-corrected chi connectivity index (χ4v) is 11.5. The van der Waals surface area contributed by atoms with Gasteiger partial charge in [-0.2, -0.15) is 0 Å². The lowest BCUT2D eigenvalue weighted by molar-refractivity contribution is -0.246. The van der Waals surface area contributed by atoms with E-state index in [1.165, 1.54) is 12.2 Å². The number of hydrogen-bond acceptors (Lipinski definition) is 11. The maximum Gasteiger partial charge on any atom is 0.306 e. The van der Waals surface area contributed by atoms with Gasteiger partial charge in [-0.05, 0) is 113 Å². The summed E-state index contributed by atoms with van der Waals surface area (Å²) in [7, 11) is 3.64. The molecular weight excluding hydrogens is 796 g/mol. The Morgan fingerprint density at radius 2 is 1.63 bits per heavy atom. The van der Waals surface area contributed by atoms with Gasteiger partial charge < -0.3 is 29.4 Å². The molecule has 1 heterocycles. The first-order valence-electron chi connectivity index (χ1n) is 21.4. The number of amides is 1. The van der Waals surface area contributed by atoms with E-state index in [0.717, 1.165) is 16.3 Å². The number of likely N-dealkylation sites (N-methyl/N-ethyl adjacent to an activating group) is 1. The molecule has 0 radical (unpaired) electrons. The number of rotatable bonds is 12. The second-order valence-corrected chi connectivity index (χ2v) is 18.7. The summed E-state index contributed by atoms with van der Waals surface area (Å²) >= 11 is 0. The van der Waals surface area contributed by atoms with Crippen LogP contribution < -0.4 is 5.32 Å². The van der Waals surface area contributed by atoms with Crippen LogP contribution in [0.2, 0.25) is 0 Å². The third kappa shape index (κ3) is 7.20. The first-order valence-corrected chi connectivity index (χ1v) is 21.4. The van der Waals surface area contributed by atoms with Crippen LogP contribution >= 0.6 is 0 Å². The number of Topliss-reactive ketones (excluding diaryl/α,β-unsaturated/α-hetero) is 1. The summed E-state index contributed by atoms with van der Waals surface area (Å²) < 4.78 is 41.5. The van der Waals surface area contributed by atoms with E-state index in [9.17, 15) is 29.1 Å². The zero-order valence-electron chi connectivity index (χ0n) is 36.1. The molecule has 3 aromatic rings. The van der Waals surface area contributed by atoms with Gasteiger partial charge in [0.1, 0.15) is 12.6 Å². The van der Waals surface area contributed by atoms with Gasteiger partial charge in [0.2, 0.25) is 11.7 Å².